The molecule has 1 aliphatic carbocycles. The van der Waals surface area contributed by atoms with Crippen molar-refractivity contribution in [3.05, 3.63) is 0 Å². The van der Waals surface area contributed by atoms with E-state index in [-0.39, 0.29) is 6.10 Å². The molecule has 0 heterocycles. The third-order valence-electron chi connectivity index (χ3n) is 3.97. The first-order chi connectivity index (χ1) is 9.34. The van der Waals surface area contributed by atoms with Gasteiger partial charge in [-0.2, -0.15) is 0 Å². The molecule has 1 nitrogen and oxygen atoms in total. The standard InChI is InChI=1S/C18H32O/c1-2-3-4-5-6-7-8-9-10-11-12-13-14-18(19)17-15-16-17/h17-19H,2-12,15-16H2,1H3. The van der Waals surface area contributed by atoms with Crippen LogP contribution in [0.15, 0.2) is 0 Å². The third-order valence-corrected chi connectivity index (χ3v) is 3.97. The Morgan fingerprint density at radius 1 is 0.895 bits per heavy atom. The molecule has 19 heavy (non-hydrogen) atoms. The van der Waals surface area contributed by atoms with Gasteiger partial charge in [0.2, 0.25) is 0 Å². The van der Waals surface area contributed by atoms with Crippen LogP contribution in [0.2, 0.25) is 0 Å². The highest BCUT2D eigenvalue weighted by atomic mass is 16.3. The van der Waals surface area contributed by atoms with Crippen molar-refractivity contribution in [3.63, 3.8) is 0 Å². The topological polar surface area (TPSA) is 20.2 Å². The van der Waals surface area contributed by atoms with Crippen molar-refractivity contribution in [2.75, 3.05) is 0 Å². The lowest BCUT2D eigenvalue weighted by Crippen LogP contribution is -2.04. The van der Waals surface area contributed by atoms with Gasteiger partial charge < -0.3 is 5.11 Å². The molecule has 1 N–H and O–H groups in total. The van der Waals surface area contributed by atoms with Crippen molar-refractivity contribution in [3.8, 4) is 11.8 Å². The summed E-state index contributed by atoms with van der Waals surface area (Å²) in [6.07, 6.45) is 16.7. The molecule has 1 atom stereocenters. The quantitative estimate of drug-likeness (QED) is 0.408. The van der Waals surface area contributed by atoms with Crippen LogP contribution in [0.3, 0.4) is 0 Å². The van der Waals surface area contributed by atoms with Gasteiger partial charge in [-0.1, -0.05) is 70.6 Å². The summed E-state index contributed by atoms with van der Waals surface area (Å²) in [6.45, 7) is 2.27. The van der Waals surface area contributed by atoms with Gasteiger partial charge in [0.15, 0.2) is 0 Å². The highest BCUT2D eigenvalue weighted by Gasteiger charge is 2.28. The van der Waals surface area contributed by atoms with Gasteiger partial charge in [0.1, 0.15) is 6.10 Å². The Hall–Kier alpha value is -0.480. The molecule has 0 amide bonds. The maximum absolute atomic E-state index is 9.58. The Balaban J connectivity index is 1.75. The molecule has 1 unspecified atom stereocenters. The number of unbranched alkanes of at least 4 members (excludes halogenated alkanes) is 10. The highest BCUT2D eigenvalue weighted by Crippen LogP contribution is 2.32. The lowest BCUT2D eigenvalue weighted by atomic mass is 10.1. The van der Waals surface area contributed by atoms with Gasteiger partial charge in [-0.05, 0) is 25.2 Å². The van der Waals surface area contributed by atoms with Crippen LogP contribution in [0.25, 0.3) is 0 Å². The predicted molar refractivity (Wildman–Crippen MR) is 83.0 cm³/mol. The van der Waals surface area contributed by atoms with Crippen LogP contribution in [-0.4, -0.2) is 11.2 Å². The maximum atomic E-state index is 9.58. The summed E-state index contributed by atoms with van der Waals surface area (Å²) in [5, 5.41) is 9.58. The minimum atomic E-state index is -0.330. The zero-order valence-corrected chi connectivity index (χ0v) is 12.8. The van der Waals surface area contributed by atoms with E-state index in [1.54, 1.807) is 0 Å². The Morgan fingerprint density at radius 3 is 1.95 bits per heavy atom. The van der Waals surface area contributed by atoms with E-state index in [1.807, 2.05) is 0 Å². The average molecular weight is 264 g/mol. The second-order valence-electron chi connectivity index (χ2n) is 6.04. The molecule has 0 aromatic rings. The molecular formula is C18H32O. The fraction of sp³-hybridized carbons (Fsp3) is 0.889. The van der Waals surface area contributed by atoms with Crippen molar-refractivity contribution in [2.45, 2.75) is 96.5 Å². The Kier molecular flexibility index (Phi) is 9.91. The molecule has 1 saturated carbocycles. The molecule has 110 valence electrons. The first kappa shape index (κ1) is 16.6. The van der Waals surface area contributed by atoms with Crippen LogP contribution in [-0.2, 0) is 0 Å². The van der Waals surface area contributed by atoms with E-state index in [0.29, 0.717) is 5.92 Å². The molecule has 0 aromatic heterocycles. The summed E-state index contributed by atoms with van der Waals surface area (Å²) >= 11 is 0. The van der Waals surface area contributed by atoms with E-state index in [4.69, 9.17) is 0 Å². The van der Waals surface area contributed by atoms with Gasteiger partial charge in [0, 0.05) is 6.42 Å². The largest absolute Gasteiger partial charge is 0.380 e. The van der Waals surface area contributed by atoms with E-state index in [0.717, 1.165) is 6.42 Å². The fourth-order valence-electron chi connectivity index (χ4n) is 2.41. The second kappa shape index (κ2) is 11.4. The summed E-state index contributed by atoms with van der Waals surface area (Å²) in [6, 6.07) is 0. The second-order valence-corrected chi connectivity index (χ2v) is 6.04. The van der Waals surface area contributed by atoms with Crippen LogP contribution in [0.5, 0.6) is 0 Å². The van der Waals surface area contributed by atoms with Crippen molar-refractivity contribution in [1.29, 1.82) is 0 Å². The number of hydrogen-bond acceptors (Lipinski definition) is 1. The molecule has 1 fully saturated rings. The van der Waals surface area contributed by atoms with Gasteiger partial charge in [-0.15, -0.1) is 5.92 Å². The van der Waals surface area contributed by atoms with E-state index in [9.17, 15) is 5.11 Å². The zero-order chi connectivity index (χ0) is 13.8. The molecule has 0 aromatic carbocycles. The van der Waals surface area contributed by atoms with Gasteiger partial charge in [-0.25, -0.2) is 0 Å². The number of hydrogen-bond donors (Lipinski definition) is 1. The van der Waals surface area contributed by atoms with Crippen molar-refractivity contribution in [2.24, 2.45) is 5.92 Å². The lowest BCUT2D eigenvalue weighted by Gasteiger charge is -2.01. The van der Waals surface area contributed by atoms with Crippen LogP contribution >= 0.6 is 0 Å². The molecular weight excluding hydrogens is 232 g/mol. The van der Waals surface area contributed by atoms with E-state index in [2.05, 4.69) is 18.8 Å². The Morgan fingerprint density at radius 2 is 1.42 bits per heavy atom. The number of aliphatic hydroxyl groups excluding tert-OH is 1. The van der Waals surface area contributed by atoms with Crippen LogP contribution in [0.4, 0.5) is 0 Å². The third kappa shape index (κ3) is 10.0. The predicted octanol–water partition coefficient (Wildman–Crippen LogP) is 5.07. The molecule has 0 spiro atoms. The molecule has 1 heteroatoms. The van der Waals surface area contributed by atoms with Crippen molar-refractivity contribution in [1.82, 2.24) is 0 Å². The minimum Gasteiger partial charge on any atom is -0.380 e. The zero-order valence-electron chi connectivity index (χ0n) is 12.8. The van der Waals surface area contributed by atoms with Gasteiger partial charge in [0.05, 0.1) is 0 Å². The summed E-state index contributed by atoms with van der Waals surface area (Å²) in [5.74, 6) is 6.61. The molecule has 0 radical (unpaired) electrons. The molecule has 0 saturated heterocycles. The average Bonchev–Trinajstić information content (AvgIpc) is 3.24. The van der Waals surface area contributed by atoms with Crippen molar-refractivity contribution >= 4 is 0 Å². The van der Waals surface area contributed by atoms with E-state index in [1.165, 1.54) is 77.0 Å². The monoisotopic (exact) mass is 264 g/mol. The highest BCUT2D eigenvalue weighted by molar-refractivity contribution is 5.08. The lowest BCUT2D eigenvalue weighted by molar-refractivity contribution is 0.209. The normalized spacial score (nSPS) is 15.9. The minimum absolute atomic E-state index is 0.330. The Bertz CT molecular complexity index is 257. The SMILES string of the molecule is CCCCCCCCCCCCC#CC(O)C1CC1. The first-order valence-corrected chi connectivity index (χ1v) is 8.51. The van der Waals surface area contributed by atoms with E-state index >= 15 is 0 Å². The fourth-order valence-corrected chi connectivity index (χ4v) is 2.41. The summed E-state index contributed by atoms with van der Waals surface area (Å²) in [4.78, 5) is 0. The number of aliphatic hydroxyl groups is 1. The summed E-state index contributed by atoms with van der Waals surface area (Å²) < 4.78 is 0. The molecule has 0 bridgehead atoms. The smallest absolute Gasteiger partial charge is 0.117 e. The molecule has 1 aliphatic rings. The van der Waals surface area contributed by atoms with Gasteiger partial charge >= 0.3 is 0 Å². The van der Waals surface area contributed by atoms with E-state index < -0.39 is 0 Å². The van der Waals surface area contributed by atoms with Gasteiger partial charge in [0.25, 0.3) is 0 Å². The van der Waals surface area contributed by atoms with Crippen LogP contribution < -0.4 is 0 Å². The first-order valence-electron chi connectivity index (χ1n) is 8.51. The summed E-state index contributed by atoms with van der Waals surface area (Å²) in [5.41, 5.74) is 0. The van der Waals surface area contributed by atoms with Crippen molar-refractivity contribution < 1.29 is 5.11 Å². The maximum Gasteiger partial charge on any atom is 0.117 e. The van der Waals surface area contributed by atoms with Crippen LogP contribution in [0, 0.1) is 17.8 Å². The molecule has 1 rings (SSSR count). The summed E-state index contributed by atoms with van der Waals surface area (Å²) in [7, 11) is 0. The van der Waals surface area contributed by atoms with Crippen LogP contribution in [0.1, 0.15) is 90.4 Å². The molecule has 0 aliphatic heterocycles. The van der Waals surface area contributed by atoms with Gasteiger partial charge in [-0.3, -0.25) is 0 Å². The Labute approximate surface area is 120 Å². The number of rotatable bonds is 11.